The Labute approximate surface area is 131 Å². The van der Waals surface area contributed by atoms with Crippen LogP contribution in [0.25, 0.3) is 0 Å². The molecule has 2 aromatic carbocycles. The summed E-state index contributed by atoms with van der Waals surface area (Å²) in [4.78, 5) is 14.6. The van der Waals surface area contributed by atoms with Gasteiger partial charge in [0.05, 0.1) is 0 Å². The lowest BCUT2D eigenvalue weighted by Crippen LogP contribution is -2.41. The molecular weight excluding hydrogens is 274 g/mol. The molecule has 0 saturated carbocycles. The molecule has 1 N–H and O–H groups in total. The van der Waals surface area contributed by atoms with Crippen molar-refractivity contribution < 1.29 is 9.90 Å². The lowest BCUT2D eigenvalue weighted by molar-refractivity contribution is -0.139. The number of hydrogen-bond acceptors (Lipinski definition) is 2. The monoisotopic (exact) mass is 295 g/mol. The Morgan fingerprint density at radius 1 is 1.05 bits per heavy atom. The summed E-state index contributed by atoms with van der Waals surface area (Å²) in [5, 5.41) is 9.90. The van der Waals surface area contributed by atoms with Crippen molar-refractivity contribution in [2.75, 3.05) is 6.54 Å². The molecule has 3 nitrogen and oxygen atoms in total. The zero-order chi connectivity index (χ0) is 15.4. The molecule has 1 amide bonds. The summed E-state index contributed by atoms with van der Waals surface area (Å²) in [6, 6.07) is 17.4. The Morgan fingerprint density at radius 3 is 2.55 bits per heavy atom. The Kier molecular flexibility index (Phi) is 4.42. The molecule has 0 spiro atoms. The van der Waals surface area contributed by atoms with Crippen LogP contribution in [-0.4, -0.2) is 22.5 Å². The molecule has 0 bridgehead atoms. The third kappa shape index (κ3) is 3.30. The molecule has 0 aliphatic carbocycles. The van der Waals surface area contributed by atoms with E-state index in [1.165, 1.54) is 5.56 Å². The van der Waals surface area contributed by atoms with E-state index in [2.05, 4.69) is 12.1 Å². The van der Waals surface area contributed by atoms with Gasteiger partial charge in [-0.1, -0.05) is 48.5 Å². The average molecular weight is 295 g/mol. The standard InChI is InChI=1S/C19H21NO2/c21-18-11-5-4-9-16(18)13-17-10-6-12-20(19(17)22)14-15-7-2-1-3-8-15/h1-5,7-9,11,17,21H,6,10,12-14H2. The Bertz CT molecular complexity index is 639. The van der Waals surface area contributed by atoms with E-state index in [9.17, 15) is 9.90 Å². The number of hydrogen-bond donors (Lipinski definition) is 1. The number of aromatic hydroxyl groups is 1. The van der Waals surface area contributed by atoms with Crippen LogP contribution in [0, 0.1) is 5.92 Å². The summed E-state index contributed by atoms with van der Waals surface area (Å²) in [6.07, 6.45) is 2.55. The van der Waals surface area contributed by atoms with Gasteiger partial charge in [0.1, 0.15) is 5.75 Å². The van der Waals surface area contributed by atoms with E-state index in [1.807, 2.05) is 41.3 Å². The van der Waals surface area contributed by atoms with Gasteiger partial charge in [0, 0.05) is 19.0 Å². The SMILES string of the molecule is O=C1C(Cc2ccccc2O)CCCN1Cc1ccccc1. The van der Waals surface area contributed by atoms with Crippen LogP contribution in [0.15, 0.2) is 54.6 Å². The topological polar surface area (TPSA) is 40.5 Å². The molecule has 1 saturated heterocycles. The van der Waals surface area contributed by atoms with Crippen molar-refractivity contribution in [1.29, 1.82) is 0 Å². The number of nitrogens with zero attached hydrogens (tertiary/aromatic N) is 1. The van der Waals surface area contributed by atoms with E-state index in [-0.39, 0.29) is 17.6 Å². The molecule has 3 heteroatoms. The molecule has 1 aliphatic heterocycles. The summed E-state index contributed by atoms with van der Waals surface area (Å²) in [5.74, 6) is 0.472. The molecule has 1 atom stereocenters. The summed E-state index contributed by atoms with van der Waals surface area (Å²) in [5.41, 5.74) is 2.03. The first kappa shape index (κ1) is 14.6. The number of rotatable bonds is 4. The van der Waals surface area contributed by atoms with Gasteiger partial charge in [-0.05, 0) is 36.5 Å². The molecule has 2 aromatic rings. The van der Waals surface area contributed by atoms with E-state index in [4.69, 9.17) is 0 Å². The number of piperidine rings is 1. The molecule has 1 aliphatic rings. The molecule has 114 valence electrons. The maximum absolute atomic E-state index is 12.7. The highest BCUT2D eigenvalue weighted by atomic mass is 16.3. The zero-order valence-corrected chi connectivity index (χ0v) is 12.6. The smallest absolute Gasteiger partial charge is 0.226 e. The van der Waals surface area contributed by atoms with Gasteiger partial charge in [-0.2, -0.15) is 0 Å². The summed E-state index contributed by atoms with van der Waals surface area (Å²) < 4.78 is 0. The van der Waals surface area contributed by atoms with Crippen LogP contribution < -0.4 is 0 Å². The normalized spacial score (nSPS) is 18.5. The van der Waals surface area contributed by atoms with E-state index < -0.39 is 0 Å². The van der Waals surface area contributed by atoms with Crippen molar-refractivity contribution >= 4 is 5.91 Å². The van der Waals surface area contributed by atoms with Crippen LogP contribution in [0.1, 0.15) is 24.0 Å². The van der Waals surface area contributed by atoms with Crippen LogP contribution in [0.3, 0.4) is 0 Å². The molecule has 1 unspecified atom stereocenters. The van der Waals surface area contributed by atoms with Crippen LogP contribution >= 0.6 is 0 Å². The van der Waals surface area contributed by atoms with Crippen molar-refractivity contribution in [2.24, 2.45) is 5.92 Å². The highest BCUT2D eigenvalue weighted by Crippen LogP contribution is 2.27. The number of para-hydroxylation sites is 1. The predicted octanol–water partition coefficient (Wildman–Crippen LogP) is 3.37. The van der Waals surface area contributed by atoms with Gasteiger partial charge in [-0.15, -0.1) is 0 Å². The van der Waals surface area contributed by atoms with Crippen molar-refractivity contribution in [3.05, 3.63) is 65.7 Å². The van der Waals surface area contributed by atoms with Crippen molar-refractivity contribution in [1.82, 2.24) is 4.90 Å². The van der Waals surface area contributed by atoms with E-state index in [1.54, 1.807) is 6.07 Å². The Morgan fingerprint density at radius 2 is 1.77 bits per heavy atom. The van der Waals surface area contributed by atoms with Crippen LogP contribution in [0.4, 0.5) is 0 Å². The molecule has 22 heavy (non-hydrogen) atoms. The van der Waals surface area contributed by atoms with Crippen LogP contribution in [-0.2, 0) is 17.8 Å². The lowest BCUT2D eigenvalue weighted by Gasteiger charge is -2.32. The van der Waals surface area contributed by atoms with Gasteiger partial charge >= 0.3 is 0 Å². The van der Waals surface area contributed by atoms with E-state index >= 15 is 0 Å². The van der Waals surface area contributed by atoms with E-state index in [0.717, 1.165) is 24.9 Å². The molecule has 1 fully saturated rings. The zero-order valence-electron chi connectivity index (χ0n) is 12.6. The largest absolute Gasteiger partial charge is 0.508 e. The summed E-state index contributed by atoms with van der Waals surface area (Å²) in [7, 11) is 0. The number of phenols is 1. The number of amides is 1. The highest BCUT2D eigenvalue weighted by Gasteiger charge is 2.29. The molecule has 0 radical (unpaired) electrons. The second kappa shape index (κ2) is 6.65. The Balaban J connectivity index is 1.69. The van der Waals surface area contributed by atoms with Crippen LogP contribution in [0.5, 0.6) is 5.75 Å². The second-order valence-electron chi connectivity index (χ2n) is 5.92. The van der Waals surface area contributed by atoms with Gasteiger partial charge in [-0.3, -0.25) is 4.79 Å². The minimum absolute atomic E-state index is 0.0224. The van der Waals surface area contributed by atoms with Crippen molar-refractivity contribution in [3.63, 3.8) is 0 Å². The third-order valence-corrected chi connectivity index (χ3v) is 4.32. The quantitative estimate of drug-likeness (QED) is 0.939. The fourth-order valence-corrected chi connectivity index (χ4v) is 3.12. The van der Waals surface area contributed by atoms with Gasteiger partial charge in [0.25, 0.3) is 0 Å². The van der Waals surface area contributed by atoms with Crippen molar-refractivity contribution in [2.45, 2.75) is 25.8 Å². The van der Waals surface area contributed by atoms with Gasteiger partial charge in [0.15, 0.2) is 0 Å². The maximum Gasteiger partial charge on any atom is 0.226 e. The number of likely N-dealkylation sites (tertiary alicyclic amines) is 1. The minimum Gasteiger partial charge on any atom is -0.508 e. The highest BCUT2D eigenvalue weighted by molar-refractivity contribution is 5.80. The summed E-state index contributed by atoms with van der Waals surface area (Å²) in [6.45, 7) is 1.50. The third-order valence-electron chi connectivity index (χ3n) is 4.32. The number of carbonyl (C=O) groups is 1. The number of benzene rings is 2. The van der Waals surface area contributed by atoms with Gasteiger partial charge in [-0.25, -0.2) is 0 Å². The molecule has 3 rings (SSSR count). The van der Waals surface area contributed by atoms with Gasteiger partial charge < -0.3 is 10.0 Å². The summed E-state index contributed by atoms with van der Waals surface area (Å²) >= 11 is 0. The predicted molar refractivity (Wildman–Crippen MR) is 86.4 cm³/mol. The fourth-order valence-electron chi connectivity index (χ4n) is 3.12. The van der Waals surface area contributed by atoms with Crippen LogP contribution in [0.2, 0.25) is 0 Å². The Hall–Kier alpha value is -2.29. The number of carbonyl (C=O) groups excluding carboxylic acids is 1. The van der Waals surface area contributed by atoms with Crippen molar-refractivity contribution in [3.8, 4) is 5.75 Å². The van der Waals surface area contributed by atoms with E-state index in [0.29, 0.717) is 13.0 Å². The minimum atomic E-state index is -0.0224. The average Bonchev–Trinajstić information content (AvgIpc) is 2.54. The molecular formula is C19H21NO2. The first-order valence-electron chi connectivity index (χ1n) is 7.83. The first-order valence-corrected chi connectivity index (χ1v) is 7.83. The molecule has 1 heterocycles. The maximum atomic E-state index is 12.7. The lowest BCUT2D eigenvalue weighted by atomic mass is 9.90. The number of phenolic OH excluding ortho intramolecular Hbond substituents is 1. The molecule has 0 aromatic heterocycles. The van der Waals surface area contributed by atoms with Gasteiger partial charge in [0.2, 0.25) is 5.91 Å². The second-order valence-corrected chi connectivity index (χ2v) is 5.92. The first-order chi connectivity index (χ1) is 10.7. The fraction of sp³-hybridized carbons (Fsp3) is 0.316.